The van der Waals surface area contributed by atoms with Crippen LogP contribution in [0.2, 0.25) is 0 Å². The van der Waals surface area contributed by atoms with Crippen molar-refractivity contribution in [2.45, 2.75) is 0 Å². The first-order valence-corrected chi connectivity index (χ1v) is 14.7. The standard InChI is InChI=1S/C30H22N2.C11H10N2/c31-29-20-27(25-15-7-13-23(17-25)21-9-3-1-4-10-21)19-28(30(29)32)26-16-8-14-24(18-26)22-11-5-2-6-12-22;12-11-3-1-9(2-4-11)10-5-7-13-8-6-10/h1-20,31-32H;1-8H,12H2. The van der Waals surface area contributed by atoms with Gasteiger partial charge in [-0.1, -0.05) is 109 Å². The Kier molecular flexibility index (Phi) is 8.66. The van der Waals surface area contributed by atoms with E-state index in [0.717, 1.165) is 61.3 Å². The van der Waals surface area contributed by atoms with Gasteiger partial charge in [0.1, 0.15) is 0 Å². The van der Waals surface area contributed by atoms with Gasteiger partial charge in [-0.15, -0.1) is 0 Å². The number of allylic oxidation sites excluding steroid dienone is 4. The largest absolute Gasteiger partial charge is 0.399 e. The van der Waals surface area contributed by atoms with Crippen LogP contribution in [0.25, 0.3) is 44.5 Å². The Balaban J connectivity index is 0.000000229. The second-order valence-corrected chi connectivity index (χ2v) is 10.7. The smallest absolute Gasteiger partial charge is 0.0867 e. The molecule has 0 saturated heterocycles. The molecule has 1 aromatic heterocycles. The SMILES string of the molecule is N=C1C=C(c2cccc(-c3ccccc3)c2)C=C(c2cccc(-c3ccccc3)c2)C1=N.Nc1ccc(-c2ccncc2)cc1. The number of nitrogens with one attached hydrogen (secondary N) is 2. The van der Waals surface area contributed by atoms with Crippen LogP contribution in [0.3, 0.4) is 0 Å². The molecular weight excluding hydrogens is 548 g/mol. The molecule has 0 unspecified atom stereocenters. The molecule has 4 heteroatoms. The zero-order valence-corrected chi connectivity index (χ0v) is 24.7. The molecule has 0 fully saturated rings. The molecule has 1 aliphatic carbocycles. The fraction of sp³-hybridized carbons (Fsp3) is 0. The van der Waals surface area contributed by atoms with Crippen LogP contribution >= 0.6 is 0 Å². The Morgan fingerprint density at radius 1 is 0.422 bits per heavy atom. The summed E-state index contributed by atoms with van der Waals surface area (Å²) in [6.45, 7) is 0. The molecule has 5 aromatic carbocycles. The molecule has 0 amide bonds. The first-order chi connectivity index (χ1) is 22.0. The van der Waals surface area contributed by atoms with Crippen LogP contribution in [0.15, 0.2) is 170 Å². The Labute approximate surface area is 263 Å². The summed E-state index contributed by atoms with van der Waals surface area (Å²) in [6, 6.07) is 48.9. The highest BCUT2D eigenvalue weighted by atomic mass is 14.6. The van der Waals surface area contributed by atoms with Crippen molar-refractivity contribution in [2.75, 3.05) is 5.73 Å². The maximum absolute atomic E-state index is 8.56. The van der Waals surface area contributed by atoms with Crippen LogP contribution in [0.5, 0.6) is 0 Å². The minimum Gasteiger partial charge on any atom is -0.399 e. The highest BCUT2D eigenvalue weighted by molar-refractivity contribution is 6.61. The van der Waals surface area contributed by atoms with Crippen LogP contribution < -0.4 is 5.73 Å². The molecule has 0 radical (unpaired) electrons. The normalized spacial score (nSPS) is 12.4. The summed E-state index contributed by atoms with van der Waals surface area (Å²) in [5.41, 5.74) is 17.4. The third-order valence-electron chi connectivity index (χ3n) is 7.65. The van der Waals surface area contributed by atoms with Gasteiger partial charge in [-0.05, 0) is 98.6 Å². The number of benzene rings is 5. The van der Waals surface area contributed by atoms with Crippen LogP contribution in [-0.4, -0.2) is 16.4 Å². The molecule has 216 valence electrons. The maximum Gasteiger partial charge on any atom is 0.0867 e. The van der Waals surface area contributed by atoms with Gasteiger partial charge in [0.05, 0.1) is 11.4 Å². The predicted octanol–water partition coefficient (Wildman–Crippen LogP) is 9.87. The van der Waals surface area contributed by atoms with Gasteiger partial charge in [0.15, 0.2) is 0 Å². The Morgan fingerprint density at radius 3 is 1.49 bits per heavy atom. The van der Waals surface area contributed by atoms with Crippen molar-refractivity contribution >= 4 is 28.3 Å². The number of nitrogen functional groups attached to an aromatic ring is 1. The van der Waals surface area contributed by atoms with Gasteiger partial charge < -0.3 is 5.73 Å². The summed E-state index contributed by atoms with van der Waals surface area (Å²) >= 11 is 0. The molecule has 1 heterocycles. The van der Waals surface area contributed by atoms with Gasteiger partial charge in [-0.2, -0.15) is 0 Å². The van der Waals surface area contributed by atoms with Gasteiger partial charge in [0.2, 0.25) is 0 Å². The van der Waals surface area contributed by atoms with Gasteiger partial charge in [-0.3, -0.25) is 15.8 Å². The molecule has 6 aromatic rings. The van der Waals surface area contributed by atoms with Crippen molar-refractivity contribution in [2.24, 2.45) is 0 Å². The summed E-state index contributed by atoms with van der Waals surface area (Å²) in [6.07, 6.45) is 7.39. The summed E-state index contributed by atoms with van der Waals surface area (Å²) in [5, 5.41) is 17.0. The topological polar surface area (TPSA) is 86.6 Å². The highest BCUT2D eigenvalue weighted by Gasteiger charge is 2.19. The number of hydrogen-bond acceptors (Lipinski definition) is 4. The van der Waals surface area contributed by atoms with E-state index < -0.39 is 0 Å². The van der Waals surface area contributed by atoms with E-state index in [1.165, 1.54) is 0 Å². The number of nitrogens with two attached hydrogens (primary N) is 1. The number of hydrogen-bond donors (Lipinski definition) is 3. The molecule has 4 N–H and O–H groups in total. The summed E-state index contributed by atoms with van der Waals surface area (Å²) in [5.74, 6) is 0. The van der Waals surface area contributed by atoms with Gasteiger partial charge in [0, 0.05) is 23.7 Å². The number of pyridine rings is 1. The molecule has 0 atom stereocenters. The second-order valence-electron chi connectivity index (χ2n) is 10.7. The number of nitrogens with zero attached hydrogens (tertiary/aromatic N) is 1. The molecule has 0 aliphatic heterocycles. The minimum absolute atomic E-state index is 0.229. The van der Waals surface area contributed by atoms with E-state index in [-0.39, 0.29) is 11.4 Å². The molecule has 1 aliphatic rings. The quantitative estimate of drug-likeness (QED) is 0.140. The van der Waals surface area contributed by atoms with E-state index in [4.69, 9.17) is 16.6 Å². The molecule has 4 nitrogen and oxygen atoms in total. The molecule has 0 bridgehead atoms. The summed E-state index contributed by atoms with van der Waals surface area (Å²) < 4.78 is 0. The fourth-order valence-corrected chi connectivity index (χ4v) is 5.26. The van der Waals surface area contributed by atoms with E-state index in [2.05, 4.69) is 59.6 Å². The zero-order valence-electron chi connectivity index (χ0n) is 24.7. The van der Waals surface area contributed by atoms with E-state index in [9.17, 15) is 0 Å². The van der Waals surface area contributed by atoms with Crippen molar-refractivity contribution in [3.8, 4) is 33.4 Å². The van der Waals surface area contributed by atoms with Crippen molar-refractivity contribution in [1.82, 2.24) is 4.98 Å². The van der Waals surface area contributed by atoms with Crippen LogP contribution in [0.1, 0.15) is 11.1 Å². The highest BCUT2D eigenvalue weighted by Crippen LogP contribution is 2.32. The lowest BCUT2D eigenvalue weighted by Crippen LogP contribution is -2.15. The van der Waals surface area contributed by atoms with Gasteiger partial charge >= 0.3 is 0 Å². The van der Waals surface area contributed by atoms with Crippen molar-refractivity contribution in [3.05, 3.63) is 181 Å². The third-order valence-corrected chi connectivity index (χ3v) is 7.65. The lowest BCUT2D eigenvalue weighted by atomic mass is 9.86. The fourth-order valence-electron chi connectivity index (χ4n) is 5.26. The van der Waals surface area contributed by atoms with Gasteiger partial charge in [-0.25, -0.2) is 0 Å². The average Bonchev–Trinajstić information content (AvgIpc) is 3.11. The van der Waals surface area contributed by atoms with E-state index in [1.807, 2.05) is 97.1 Å². The third kappa shape index (κ3) is 6.93. The monoisotopic (exact) mass is 580 g/mol. The zero-order chi connectivity index (χ0) is 31.0. The van der Waals surface area contributed by atoms with Crippen LogP contribution in [-0.2, 0) is 0 Å². The summed E-state index contributed by atoms with van der Waals surface area (Å²) in [4.78, 5) is 3.96. The Bertz CT molecular complexity index is 2010. The second kappa shape index (κ2) is 13.4. The van der Waals surface area contributed by atoms with E-state index >= 15 is 0 Å². The Hall–Kier alpha value is -6.13. The van der Waals surface area contributed by atoms with Crippen molar-refractivity contribution in [1.29, 1.82) is 10.8 Å². The molecule has 0 saturated carbocycles. The molecule has 45 heavy (non-hydrogen) atoms. The molecular formula is C41H32N4. The predicted molar refractivity (Wildman–Crippen MR) is 189 cm³/mol. The first kappa shape index (κ1) is 29.0. The van der Waals surface area contributed by atoms with Crippen LogP contribution in [0.4, 0.5) is 5.69 Å². The molecule has 0 spiro atoms. The maximum atomic E-state index is 8.56. The Morgan fingerprint density at radius 2 is 0.889 bits per heavy atom. The van der Waals surface area contributed by atoms with E-state index in [1.54, 1.807) is 18.5 Å². The average molecular weight is 581 g/mol. The van der Waals surface area contributed by atoms with Gasteiger partial charge in [0.25, 0.3) is 0 Å². The first-order valence-electron chi connectivity index (χ1n) is 14.7. The van der Waals surface area contributed by atoms with E-state index in [0.29, 0.717) is 0 Å². The minimum atomic E-state index is 0.229. The number of rotatable bonds is 5. The van der Waals surface area contributed by atoms with Crippen LogP contribution in [0, 0.1) is 10.8 Å². The summed E-state index contributed by atoms with van der Waals surface area (Å²) in [7, 11) is 0. The van der Waals surface area contributed by atoms with Crippen molar-refractivity contribution in [3.63, 3.8) is 0 Å². The lowest BCUT2D eigenvalue weighted by molar-refractivity contribution is 1.33. The number of anilines is 1. The van der Waals surface area contributed by atoms with Crippen molar-refractivity contribution < 1.29 is 0 Å². The number of aromatic nitrogens is 1. The lowest BCUT2D eigenvalue weighted by Gasteiger charge is -2.18. The molecule has 7 rings (SSSR count).